The quantitative estimate of drug-likeness (QED) is 0.254. The van der Waals surface area contributed by atoms with Gasteiger partial charge < -0.3 is 5.21 Å². The largest absolute Gasteiger partial charge is 0.710 e. The zero-order valence-corrected chi connectivity index (χ0v) is 8.95. The van der Waals surface area contributed by atoms with Crippen LogP contribution in [0, 0.1) is 5.21 Å². The first kappa shape index (κ1) is 11.6. The molecule has 1 aromatic rings. The Hall–Kier alpha value is -1.49. The van der Waals surface area contributed by atoms with Crippen LogP contribution in [-0.4, -0.2) is 14.0 Å². The van der Waals surface area contributed by atoms with E-state index in [2.05, 4.69) is 11.9 Å². The molecule has 1 atom stereocenters. The van der Waals surface area contributed by atoms with E-state index in [-0.39, 0.29) is 11.5 Å². The number of aromatic nitrogens is 1. The summed E-state index contributed by atoms with van der Waals surface area (Å²) in [5.74, 6) is 0.381. The van der Waals surface area contributed by atoms with E-state index in [1.165, 1.54) is 0 Å². The molecule has 0 bridgehead atoms. The zero-order chi connectivity index (χ0) is 11.6. The Labute approximate surface area is 90.1 Å². The SMILES string of the molecule is [B]c1c/c(=C/C)c(NC(C)N)[n+]([O-])c1=C. The predicted octanol–water partition coefficient (Wildman–Crippen LogP) is -1.96. The second kappa shape index (κ2) is 4.36. The van der Waals surface area contributed by atoms with Gasteiger partial charge in [0, 0.05) is 0 Å². The third-order valence-corrected chi connectivity index (χ3v) is 2.04. The molecule has 15 heavy (non-hydrogen) atoms. The van der Waals surface area contributed by atoms with Gasteiger partial charge in [0.05, 0.1) is 5.22 Å². The smallest absolute Gasteiger partial charge is 0.286 e. The highest BCUT2D eigenvalue weighted by molar-refractivity contribution is 6.32. The Morgan fingerprint density at radius 2 is 2.33 bits per heavy atom. The van der Waals surface area contributed by atoms with E-state index in [1.54, 1.807) is 19.1 Å². The monoisotopic (exact) mass is 203 g/mol. The van der Waals surface area contributed by atoms with Crippen molar-refractivity contribution < 1.29 is 4.73 Å². The van der Waals surface area contributed by atoms with Crippen LogP contribution in [0.15, 0.2) is 6.07 Å². The fourth-order valence-corrected chi connectivity index (χ4v) is 1.27. The van der Waals surface area contributed by atoms with E-state index < -0.39 is 0 Å². The highest BCUT2D eigenvalue weighted by Crippen LogP contribution is 1.88. The summed E-state index contributed by atoms with van der Waals surface area (Å²) in [5.41, 5.74) is 5.94. The summed E-state index contributed by atoms with van der Waals surface area (Å²) in [5, 5.41) is 15.5. The van der Waals surface area contributed by atoms with Crippen molar-refractivity contribution in [2.24, 2.45) is 5.73 Å². The molecule has 0 aliphatic heterocycles. The number of nitrogens with two attached hydrogens (primary N) is 1. The number of hydrogen-bond acceptors (Lipinski definition) is 3. The highest BCUT2D eigenvalue weighted by atomic mass is 16.5. The molecule has 1 rings (SSSR count). The number of hydrogen-bond donors (Lipinski definition) is 2. The fourth-order valence-electron chi connectivity index (χ4n) is 1.27. The Kier molecular flexibility index (Phi) is 3.37. The van der Waals surface area contributed by atoms with Crippen LogP contribution < -0.4 is 31.8 Å². The van der Waals surface area contributed by atoms with Gasteiger partial charge in [-0.05, 0) is 13.8 Å². The number of nitrogens with zero attached hydrogens (tertiary/aromatic N) is 1. The van der Waals surface area contributed by atoms with Crippen LogP contribution in [0.3, 0.4) is 0 Å². The van der Waals surface area contributed by atoms with Crippen molar-refractivity contribution in [3.05, 3.63) is 21.8 Å². The van der Waals surface area contributed by atoms with Gasteiger partial charge in [0.2, 0.25) is 0 Å². The summed E-state index contributed by atoms with van der Waals surface area (Å²) >= 11 is 0. The summed E-state index contributed by atoms with van der Waals surface area (Å²) < 4.78 is 0.661. The molecular weight excluding hydrogens is 189 g/mol. The summed E-state index contributed by atoms with van der Waals surface area (Å²) in [6.07, 6.45) is 1.47. The molecule has 78 valence electrons. The molecule has 5 heteroatoms. The van der Waals surface area contributed by atoms with Crippen LogP contribution in [0.2, 0.25) is 0 Å². The van der Waals surface area contributed by atoms with E-state index in [0.717, 1.165) is 0 Å². The number of anilines is 1. The van der Waals surface area contributed by atoms with E-state index in [0.29, 0.717) is 21.2 Å². The van der Waals surface area contributed by atoms with Crippen molar-refractivity contribution >= 4 is 31.8 Å². The Bertz CT molecular complexity index is 471. The van der Waals surface area contributed by atoms with Crippen molar-refractivity contribution in [2.75, 3.05) is 5.32 Å². The Morgan fingerprint density at radius 3 is 2.80 bits per heavy atom. The summed E-state index contributed by atoms with van der Waals surface area (Å²) in [6.45, 7) is 7.17. The average Bonchev–Trinajstić information content (AvgIpc) is 2.18. The standard InChI is InChI=1S/C10H14BN3O/c1-4-8-5-9(11)6(2)14(15)10(8)13-7(3)12/h4-5,7,13H,2,12H2,1,3H3/b8-4-. The molecule has 0 saturated heterocycles. The molecular formula is C10H14BN3O. The third kappa shape index (κ3) is 2.30. The lowest BCUT2D eigenvalue weighted by molar-refractivity contribution is -0.603. The molecule has 0 aliphatic rings. The minimum Gasteiger partial charge on any atom is -0.710 e. The molecule has 3 N–H and O–H groups in total. The van der Waals surface area contributed by atoms with Crippen molar-refractivity contribution in [1.29, 1.82) is 0 Å². The Morgan fingerprint density at radius 1 is 1.73 bits per heavy atom. The van der Waals surface area contributed by atoms with Crippen LogP contribution in [0.1, 0.15) is 13.8 Å². The van der Waals surface area contributed by atoms with Crippen molar-refractivity contribution in [3.8, 4) is 0 Å². The first-order valence-electron chi connectivity index (χ1n) is 4.66. The second-order valence-electron chi connectivity index (χ2n) is 3.37. The first-order valence-corrected chi connectivity index (χ1v) is 4.66. The highest BCUT2D eigenvalue weighted by Gasteiger charge is 2.09. The van der Waals surface area contributed by atoms with Gasteiger partial charge in [-0.25, -0.2) is 4.73 Å². The summed E-state index contributed by atoms with van der Waals surface area (Å²) in [4.78, 5) is 0. The molecule has 2 radical (unpaired) electrons. The van der Waals surface area contributed by atoms with Crippen molar-refractivity contribution in [2.45, 2.75) is 20.0 Å². The molecule has 4 nitrogen and oxygen atoms in total. The zero-order valence-electron chi connectivity index (χ0n) is 8.95. The first-order chi connectivity index (χ1) is 6.97. The molecule has 1 unspecified atom stereocenters. The molecule has 1 aromatic heterocycles. The van der Waals surface area contributed by atoms with E-state index in [9.17, 15) is 5.21 Å². The van der Waals surface area contributed by atoms with Crippen LogP contribution >= 0.6 is 0 Å². The van der Waals surface area contributed by atoms with Gasteiger partial charge in [-0.1, -0.05) is 24.2 Å². The van der Waals surface area contributed by atoms with Crippen LogP contribution in [0.4, 0.5) is 5.82 Å². The lowest BCUT2D eigenvalue weighted by atomic mass is 9.96. The maximum absolute atomic E-state index is 11.7. The molecule has 0 spiro atoms. The molecule has 0 aliphatic carbocycles. The molecule has 1 heterocycles. The van der Waals surface area contributed by atoms with Gasteiger partial charge in [0.1, 0.15) is 19.4 Å². The van der Waals surface area contributed by atoms with E-state index >= 15 is 0 Å². The van der Waals surface area contributed by atoms with Gasteiger partial charge in [-0.2, -0.15) is 0 Å². The molecule has 0 amide bonds. The summed E-state index contributed by atoms with van der Waals surface area (Å²) in [7, 11) is 5.63. The van der Waals surface area contributed by atoms with Crippen LogP contribution in [0.5, 0.6) is 0 Å². The predicted molar refractivity (Wildman–Crippen MR) is 63.0 cm³/mol. The van der Waals surface area contributed by atoms with Crippen molar-refractivity contribution in [1.82, 2.24) is 0 Å². The molecule has 0 aromatic carbocycles. The number of pyridine rings is 1. The van der Waals surface area contributed by atoms with Crippen LogP contribution in [-0.2, 0) is 0 Å². The third-order valence-electron chi connectivity index (χ3n) is 2.04. The minimum atomic E-state index is -0.313. The van der Waals surface area contributed by atoms with Gasteiger partial charge in [0.25, 0.3) is 5.82 Å². The second-order valence-corrected chi connectivity index (χ2v) is 3.37. The van der Waals surface area contributed by atoms with Gasteiger partial charge in [-0.3, -0.25) is 11.1 Å². The fraction of sp³-hybridized carbons (Fsp3) is 0.300. The summed E-state index contributed by atoms with van der Waals surface area (Å²) in [6, 6.07) is 1.70. The number of rotatable bonds is 2. The van der Waals surface area contributed by atoms with Crippen LogP contribution in [0.25, 0.3) is 12.7 Å². The minimum absolute atomic E-state index is 0.226. The average molecular weight is 203 g/mol. The number of nitrogens with one attached hydrogen (secondary N) is 1. The molecule has 0 saturated carbocycles. The Balaban J connectivity index is 3.49. The van der Waals surface area contributed by atoms with Crippen molar-refractivity contribution in [3.63, 3.8) is 0 Å². The maximum atomic E-state index is 11.7. The van der Waals surface area contributed by atoms with E-state index in [4.69, 9.17) is 13.6 Å². The lowest BCUT2D eigenvalue weighted by Gasteiger charge is -2.13. The normalized spacial score (nSPS) is 13.9. The topological polar surface area (TPSA) is 65.0 Å². The van der Waals surface area contributed by atoms with Gasteiger partial charge in [-0.15, -0.1) is 0 Å². The maximum Gasteiger partial charge on any atom is 0.286 e. The van der Waals surface area contributed by atoms with Gasteiger partial charge >= 0.3 is 0 Å². The lowest BCUT2D eigenvalue weighted by Crippen LogP contribution is -2.58. The molecule has 0 fully saturated rings. The van der Waals surface area contributed by atoms with Gasteiger partial charge in [0.15, 0.2) is 0 Å². The van der Waals surface area contributed by atoms with E-state index in [1.807, 2.05) is 6.92 Å².